The van der Waals surface area contributed by atoms with Gasteiger partial charge in [-0.2, -0.15) is 0 Å². The molecular formula is C16H21N3S. The minimum atomic E-state index is 0.346. The van der Waals surface area contributed by atoms with Crippen LogP contribution in [0.5, 0.6) is 0 Å². The third kappa shape index (κ3) is 2.86. The molecule has 2 N–H and O–H groups in total. The lowest BCUT2D eigenvalue weighted by molar-refractivity contribution is 0.529. The van der Waals surface area contributed by atoms with Crippen molar-refractivity contribution in [3.8, 4) is 0 Å². The Balaban J connectivity index is 1.51. The SMILES string of the molecule is Cc1cnc(C(C)NCCC2CNc3ccccc32)s1. The summed E-state index contributed by atoms with van der Waals surface area (Å²) in [6.07, 6.45) is 3.12. The van der Waals surface area contributed by atoms with Gasteiger partial charge in [0.25, 0.3) is 0 Å². The zero-order valence-electron chi connectivity index (χ0n) is 12.0. The predicted octanol–water partition coefficient (Wildman–Crippen LogP) is 3.70. The predicted molar refractivity (Wildman–Crippen MR) is 85.6 cm³/mol. The summed E-state index contributed by atoms with van der Waals surface area (Å²) in [7, 11) is 0. The van der Waals surface area contributed by atoms with E-state index in [-0.39, 0.29) is 0 Å². The number of hydrogen-bond acceptors (Lipinski definition) is 4. The number of anilines is 1. The highest BCUT2D eigenvalue weighted by Gasteiger charge is 2.21. The molecule has 0 radical (unpaired) electrons. The second-order valence-corrected chi connectivity index (χ2v) is 6.71. The molecule has 3 rings (SSSR count). The molecule has 20 heavy (non-hydrogen) atoms. The van der Waals surface area contributed by atoms with Gasteiger partial charge in [0.2, 0.25) is 0 Å². The number of thiazole rings is 1. The number of fused-ring (bicyclic) bond motifs is 1. The monoisotopic (exact) mass is 287 g/mol. The second-order valence-electron chi connectivity index (χ2n) is 5.44. The third-order valence-corrected chi connectivity index (χ3v) is 4.99. The topological polar surface area (TPSA) is 37.0 Å². The summed E-state index contributed by atoms with van der Waals surface area (Å²) in [5.74, 6) is 0.629. The standard InChI is InChI=1S/C16H21N3S/c1-11-9-19-16(20-11)12(2)17-8-7-13-10-18-15-6-4-3-5-14(13)15/h3-6,9,12-13,17-18H,7-8,10H2,1-2H3. The van der Waals surface area contributed by atoms with Crippen LogP contribution in [0, 0.1) is 6.92 Å². The zero-order valence-corrected chi connectivity index (χ0v) is 12.8. The smallest absolute Gasteiger partial charge is 0.109 e. The maximum Gasteiger partial charge on any atom is 0.109 e. The van der Waals surface area contributed by atoms with E-state index in [4.69, 9.17) is 0 Å². The first kappa shape index (κ1) is 13.6. The van der Waals surface area contributed by atoms with Crippen molar-refractivity contribution in [2.24, 2.45) is 0 Å². The average Bonchev–Trinajstić information content (AvgIpc) is 3.06. The molecule has 4 heteroatoms. The van der Waals surface area contributed by atoms with Gasteiger partial charge in [0.1, 0.15) is 5.01 Å². The lowest BCUT2D eigenvalue weighted by Gasteiger charge is -2.14. The Morgan fingerprint density at radius 3 is 3.10 bits per heavy atom. The number of hydrogen-bond donors (Lipinski definition) is 2. The van der Waals surface area contributed by atoms with E-state index in [1.54, 1.807) is 11.3 Å². The maximum atomic E-state index is 4.45. The molecule has 0 spiro atoms. The van der Waals surface area contributed by atoms with Crippen molar-refractivity contribution in [3.63, 3.8) is 0 Å². The van der Waals surface area contributed by atoms with E-state index < -0.39 is 0 Å². The number of para-hydroxylation sites is 1. The van der Waals surface area contributed by atoms with E-state index in [1.165, 1.54) is 27.6 Å². The van der Waals surface area contributed by atoms with Gasteiger partial charge in [0, 0.05) is 29.2 Å². The van der Waals surface area contributed by atoms with Crippen LogP contribution in [-0.2, 0) is 0 Å². The van der Waals surface area contributed by atoms with Crippen molar-refractivity contribution >= 4 is 17.0 Å². The van der Waals surface area contributed by atoms with E-state index in [9.17, 15) is 0 Å². The van der Waals surface area contributed by atoms with Gasteiger partial charge in [-0.15, -0.1) is 11.3 Å². The minimum Gasteiger partial charge on any atom is -0.384 e. The van der Waals surface area contributed by atoms with Gasteiger partial charge in [-0.25, -0.2) is 4.98 Å². The van der Waals surface area contributed by atoms with Crippen molar-refractivity contribution in [2.75, 3.05) is 18.4 Å². The maximum absolute atomic E-state index is 4.45. The van der Waals surface area contributed by atoms with Gasteiger partial charge in [0.05, 0.1) is 6.04 Å². The summed E-state index contributed by atoms with van der Waals surface area (Å²) >= 11 is 1.78. The zero-order chi connectivity index (χ0) is 13.9. The van der Waals surface area contributed by atoms with Crippen LogP contribution in [0.4, 0.5) is 5.69 Å². The minimum absolute atomic E-state index is 0.346. The molecule has 2 unspecified atom stereocenters. The molecule has 2 atom stereocenters. The molecule has 0 bridgehead atoms. The first-order valence-electron chi connectivity index (χ1n) is 7.22. The number of aromatic nitrogens is 1. The Morgan fingerprint density at radius 1 is 1.45 bits per heavy atom. The summed E-state index contributed by atoms with van der Waals surface area (Å²) < 4.78 is 0. The summed E-state index contributed by atoms with van der Waals surface area (Å²) in [5, 5.41) is 8.26. The number of benzene rings is 1. The Kier molecular flexibility index (Phi) is 4.03. The summed E-state index contributed by atoms with van der Waals surface area (Å²) in [4.78, 5) is 5.73. The molecule has 0 amide bonds. The van der Waals surface area contributed by atoms with Crippen molar-refractivity contribution in [2.45, 2.75) is 32.2 Å². The Bertz CT molecular complexity index is 579. The molecule has 2 heterocycles. The van der Waals surface area contributed by atoms with E-state index in [1.807, 2.05) is 6.20 Å². The van der Waals surface area contributed by atoms with Gasteiger partial charge in [-0.1, -0.05) is 18.2 Å². The van der Waals surface area contributed by atoms with Gasteiger partial charge in [-0.05, 0) is 38.4 Å². The molecule has 1 aromatic carbocycles. The number of aryl methyl sites for hydroxylation is 1. The van der Waals surface area contributed by atoms with Crippen molar-refractivity contribution in [1.29, 1.82) is 0 Å². The van der Waals surface area contributed by atoms with Crippen LogP contribution in [-0.4, -0.2) is 18.1 Å². The van der Waals surface area contributed by atoms with Gasteiger partial charge < -0.3 is 10.6 Å². The van der Waals surface area contributed by atoms with Gasteiger partial charge in [-0.3, -0.25) is 0 Å². The molecule has 106 valence electrons. The van der Waals surface area contributed by atoms with Crippen molar-refractivity contribution in [1.82, 2.24) is 10.3 Å². The highest BCUT2D eigenvalue weighted by atomic mass is 32.1. The highest BCUT2D eigenvalue weighted by Crippen LogP contribution is 2.33. The quantitative estimate of drug-likeness (QED) is 0.880. The molecular weight excluding hydrogens is 266 g/mol. The van der Waals surface area contributed by atoms with E-state index in [0.29, 0.717) is 12.0 Å². The number of nitrogens with zero attached hydrogens (tertiary/aromatic N) is 1. The van der Waals surface area contributed by atoms with Crippen LogP contribution in [0.2, 0.25) is 0 Å². The lowest BCUT2D eigenvalue weighted by atomic mass is 9.98. The normalized spacial score (nSPS) is 18.6. The van der Waals surface area contributed by atoms with Crippen LogP contribution >= 0.6 is 11.3 Å². The average molecular weight is 287 g/mol. The second kappa shape index (κ2) is 5.94. The van der Waals surface area contributed by atoms with Crippen molar-refractivity contribution < 1.29 is 0 Å². The molecule has 3 nitrogen and oxygen atoms in total. The summed E-state index contributed by atoms with van der Waals surface area (Å²) in [6, 6.07) is 8.99. The molecule has 2 aromatic rings. The number of nitrogens with one attached hydrogen (secondary N) is 2. The first-order valence-corrected chi connectivity index (χ1v) is 8.04. The van der Waals surface area contributed by atoms with E-state index >= 15 is 0 Å². The Hall–Kier alpha value is -1.39. The van der Waals surface area contributed by atoms with Crippen molar-refractivity contribution in [3.05, 3.63) is 45.9 Å². The molecule has 0 aliphatic carbocycles. The lowest BCUT2D eigenvalue weighted by Crippen LogP contribution is -2.21. The first-order chi connectivity index (χ1) is 9.74. The summed E-state index contributed by atoms with van der Waals surface area (Å²) in [5.41, 5.74) is 2.77. The largest absolute Gasteiger partial charge is 0.384 e. The number of rotatable bonds is 5. The van der Waals surface area contributed by atoms with Crippen LogP contribution in [0.3, 0.4) is 0 Å². The fraction of sp³-hybridized carbons (Fsp3) is 0.438. The Morgan fingerprint density at radius 2 is 2.30 bits per heavy atom. The van der Waals surface area contributed by atoms with Gasteiger partial charge in [0.15, 0.2) is 0 Å². The molecule has 1 aliphatic heterocycles. The molecule has 1 aromatic heterocycles. The van der Waals surface area contributed by atoms with Crippen LogP contribution < -0.4 is 10.6 Å². The van der Waals surface area contributed by atoms with Crippen LogP contribution in [0.25, 0.3) is 0 Å². The summed E-state index contributed by atoms with van der Waals surface area (Å²) in [6.45, 7) is 6.39. The van der Waals surface area contributed by atoms with E-state index in [0.717, 1.165) is 13.1 Å². The molecule has 1 aliphatic rings. The van der Waals surface area contributed by atoms with Crippen LogP contribution in [0.1, 0.15) is 40.8 Å². The fourth-order valence-electron chi connectivity index (χ4n) is 2.75. The van der Waals surface area contributed by atoms with E-state index in [2.05, 4.69) is 53.7 Å². The van der Waals surface area contributed by atoms with Crippen LogP contribution in [0.15, 0.2) is 30.5 Å². The third-order valence-electron chi connectivity index (χ3n) is 3.89. The molecule has 0 saturated heterocycles. The fourth-order valence-corrected chi connectivity index (χ4v) is 3.55. The molecule has 0 saturated carbocycles. The Labute approximate surface area is 124 Å². The highest BCUT2D eigenvalue weighted by molar-refractivity contribution is 7.11. The van der Waals surface area contributed by atoms with Gasteiger partial charge >= 0.3 is 0 Å². The molecule has 0 fully saturated rings.